The Kier molecular flexibility index (Phi) is 4.46. The van der Waals surface area contributed by atoms with E-state index in [-0.39, 0.29) is 5.91 Å². The fourth-order valence-corrected chi connectivity index (χ4v) is 2.05. The average Bonchev–Trinajstić information content (AvgIpc) is 2.41. The van der Waals surface area contributed by atoms with Crippen molar-refractivity contribution in [1.82, 2.24) is 20.2 Å². The van der Waals surface area contributed by atoms with Crippen molar-refractivity contribution in [3.8, 4) is 0 Å². The predicted molar refractivity (Wildman–Crippen MR) is 69.4 cm³/mol. The molecule has 1 aromatic rings. The number of hydrogen-bond donors (Lipinski definition) is 1. The van der Waals surface area contributed by atoms with E-state index in [0.717, 1.165) is 32.0 Å². The highest BCUT2D eigenvalue weighted by Gasteiger charge is 2.19. The van der Waals surface area contributed by atoms with E-state index in [4.69, 9.17) is 0 Å². The average molecular weight is 249 g/mol. The van der Waals surface area contributed by atoms with Gasteiger partial charge in [-0.2, -0.15) is 0 Å². The molecule has 0 spiro atoms. The van der Waals surface area contributed by atoms with Crippen LogP contribution in [0.1, 0.15) is 6.92 Å². The minimum atomic E-state index is 0.102. The Bertz CT molecular complexity index is 375. The highest BCUT2D eigenvalue weighted by atomic mass is 16.2. The summed E-state index contributed by atoms with van der Waals surface area (Å²) in [5, 5.41) is 2.82. The molecule has 1 saturated heterocycles. The van der Waals surface area contributed by atoms with Gasteiger partial charge in [0.2, 0.25) is 5.91 Å². The van der Waals surface area contributed by atoms with Gasteiger partial charge in [-0.3, -0.25) is 14.7 Å². The first-order chi connectivity index (χ1) is 8.79. The van der Waals surface area contributed by atoms with Crippen molar-refractivity contribution in [3.05, 3.63) is 18.6 Å². The lowest BCUT2D eigenvalue weighted by atomic mass is 10.3. The SMILES string of the molecule is CCNC(=O)CN1CCN(c2cnccn2)CC1. The second kappa shape index (κ2) is 6.30. The van der Waals surface area contributed by atoms with Gasteiger partial charge in [0, 0.05) is 45.1 Å². The molecular weight excluding hydrogens is 230 g/mol. The molecule has 0 atom stereocenters. The van der Waals surface area contributed by atoms with Gasteiger partial charge in [-0.15, -0.1) is 0 Å². The van der Waals surface area contributed by atoms with E-state index >= 15 is 0 Å². The van der Waals surface area contributed by atoms with Crippen LogP contribution in [0.15, 0.2) is 18.6 Å². The standard InChI is InChI=1S/C12H19N5O/c1-2-14-12(18)10-16-5-7-17(8-6-16)11-9-13-3-4-15-11/h3-4,9H,2,5-8,10H2,1H3,(H,14,18). The van der Waals surface area contributed by atoms with E-state index in [1.54, 1.807) is 18.6 Å². The van der Waals surface area contributed by atoms with Crippen LogP contribution in [0, 0.1) is 0 Å². The van der Waals surface area contributed by atoms with Crippen LogP contribution in [-0.4, -0.2) is 60.0 Å². The molecule has 0 aliphatic carbocycles. The highest BCUT2D eigenvalue weighted by molar-refractivity contribution is 5.77. The molecule has 18 heavy (non-hydrogen) atoms. The number of piperazine rings is 1. The van der Waals surface area contributed by atoms with Gasteiger partial charge in [0.1, 0.15) is 5.82 Å². The van der Waals surface area contributed by atoms with Gasteiger partial charge >= 0.3 is 0 Å². The molecule has 2 rings (SSSR count). The van der Waals surface area contributed by atoms with Crippen molar-refractivity contribution < 1.29 is 4.79 Å². The van der Waals surface area contributed by atoms with E-state index < -0.39 is 0 Å². The molecule has 1 aliphatic rings. The molecule has 1 amide bonds. The number of anilines is 1. The first kappa shape index (κ1) is 12.8. The zero-order valence-corrected chi connectivity index (χ0v) is 10.7. The topological polar surface area (TPSA) is 61.4 Å². The molecular formula is C12H19N5O. The van der Waals surface area contributed by atoms with E-state index in [1.165, 1.54) is 0 Å². The zero-order valence-electron chi connectivity index (χ0n) is 10.7. The Labute approximate surface area is 107 Å². The minimum Gasteiger partial charge on any atom is -0.355 e. The Morgan fingerprint density at radius 2 is 2.11 bits per heavy atom. The van der Waals surface area contributed by atoms with Gasteiger partial charge in [0.15, 0.2) is 0 Å². The van der Waals surface area contributed by atoms with Crippen LogP contribution in [0.25, 0.3) is 0 Å². The summed E-state index contributed by atoms with van der Waals surface area (Å²) in [7, 11) is 0. The maximum absolute atomic E-state index is 11.5. The van der Waals surface area contributed by atoms with Crippen molar-refractivity contribution in [2.45, 2.75) is 6.92 Å². The summed E-state index contributed by atoms with van der Waals surface area (Å²) < 4.78 is 0. The molecule has 0 saturated carbocycles. The summed E-state index contributed by atoms with van der Waals surface area (Å²) >= 11 is 0. The normalized spacial score (nSPS) is 16.6. The summed E-state index contributed by atoms with van der Waals surface area (Å²) in [6, 6.07) is 0. The van der Waals surface area contributed by atoms with Crippen LogP contribution in [0.3, 0.4) is 0 Å². The third kappa shape index (κ3) is 3.40. The summed E-state index contributed by atoms with van der Waals surface area (Å²) in [6.45, 7) is 6.65. The maximum Gasteiger partial charge on any atom is 0.234 e. The van der Waals surface area contributed by atoms with Gasteiger partial charge in [0.05, 0.1) is 12.7 Å². The van der Waals surface area contributed by atoms with E-state index in [0.29, 0.717) is 13.1 Å². The fraction of sp³-hybridized carbons (Fsp3) is 0.583. The largest absolute Gasteiger partial charge is 0.355 e. The summed E-state index contributed by atoms with van der Waals surface area (Å²) in [6.07, 6.45) is 5.16. The lowest BCUT2D eigenvalue weighted by Gasteiger charge is -2.34. The molecule has 98 valence electrons. The van der Waals surface area contributed by atoms with Crippen LogP contribution in [0.2, 0.25) is 0 Å². The molecule has 1 N–H and O–H groups in total. The monoisotopic (exact) mass is 249 g/mol. The summed E-state index contributed by atoms with van der Waals surface area (Å²) in [5.74, 6) is 1.01. The van der Waals surface area contributed by atoms with Crippen molar-refractivity contribution in [2.24, 2.45) is 0 Å². The molecule has 0 aromatic carbocycles. The van der Waals surface area contributed by atoms with Gasteiger partial charge in [-0.05, 0) is 6.92 Å². The molecule has 0 unspecified atom stereocenters. The lowest BCUT2D eigenvalue weighted by molar-refractivity contribution is -0.122. The van der Waals surface area contributed by atoms with Gasteiger partial charge in [0.25, 0.3) is 0 Å². The second-order valence-electron chi connectivity index (χ2n) is 4.28. The third-order valence-electron chi connectivity index (χ3n) is 2.99. The van der Waals surface area contributed by atoms with Gasteiger partial charge in [-0.1, -0.05) is 0 Å². The number of aromatic nitrogens is 2. The predicted octanol–water partition coefficient (Wildman–Crippen LogP) is -0.265. The highest BCUT2D eigenvalue weighted by Crippen LogP contribution is 2.10. The van der Waals surface area contributed by atoms with Crippen LogP contribution in [-0.2, 0) is 4.79 Å². The summed E-state index contributed by atoms with van der Waals surface area (Å²) in [4.78, 5) is 24.2. The maximum atomic E-state index is 11.5. The number of carbonyl (C=O) groups is 1. The van der Waals surface area contributed by atoms with Crippen LogP contribution in [0.5, 0.6) is 0 Å². The Morgan fingerprint density at radius 1 is 1.33 bits per heavy atom. The van der Waals surface area contributed by atoms with Crippen LogP contribution in [0.4, 0.5) is 5.82 Å². The molecule has 6 heteroatoms. The number of carbonyl (C=O) groups excluding carboxylic acids is 1. The van der Waals surface area contributed by atoms with Crippen LogP contribution < -0.4 is 10.2 Å². The lowest BCUT2D eigenvalue weighted by Crippen LogP contribution is -2.49. The first-order valence-electron chi connectivity index (χ1n) is 6.29. The zero-order chi connectivity index (χ0) is 12.8. The fourth-order valence-electron chi connectivity index (χ4n) is 2.05. The number of nitrogens with one attached hydrogen (secondary N) is 1. The first-order valence-corrected chi connectivity index (χ1v) is 6.29. The molecule has 1 aliphatic heterocycles. The molecule has 6 nitrogen and oxygen atoms in total. The molecule has 1 aromatic heterocycles. The Balaban J connectivity index is 1.80. The molecule has 0 bridgehead atoms. The molecule has 2 heterocycles. The van der Waals surface area contributed by atoms with Crippen molar-refractivity contribution >= 4 is 11.7 Å². The van der Waals surface area contributed by atoms with Gasteiger partial charge in [-0.25, -0.2) is 4.98 Å². The van der Waals surface area contributed by atoms with E-state index in [9.17, 15) is 4.79 Å². The minimum absolute atomic E-state index is 0.102. The third-order valence-corrected chi connectivity index (χ3v) is 2.99. The second-order valence-corrected chi connectivity index (χ2v) is 4.28. The smallest absolute Gasteiger partial charge is 0.234 e. The van der Waals surface area contributed by atoms with E-state index in [1.807, 2.05) is 6.92 Å². The quantitative estimate of drug-likeness (QED) is 0.796. The van der Waals surface area contributed by atoms with Crippen molar-refractivity contribution in [3.63, 3.8) is 0 Å². The number of rotatable bonds is 4. The number of nitrogens with zero attached hydrogens (tertiary/aromatic N) is 4. The number of hydrogen-bond acceptors (Lipinski definition) is 5. The van der Waals surface area contributed by atoms with Crippen LogP contribution >= 0.6 is 0 Å². The molecule has 0 radical (unpaired) electrons. The number of amides is 1. The number of likely N-dealkylation sites (N-methyl/N-ethyl adjacent to an activating group) is 1. The summed E-state index contributed by atoms with van der Waals surface area (Å²) in [5.41, 5.74) is 0. The van der Waals surface area contributed by atoms with Gasteiger partial charge < -0.3 is 10.2 Å². The van der Waals surface area contributed by atoms with Crippen molar-refractivity contribution in [1.29, 1.82) is 0 Å². The molecule has 1 fully saturated rings. The Hall–Kier alpha value is -1.69. The van der Waals surface area contributed by atoms with E-state index in [2.05, 4.69) is 25.1 Å². The Morgan fingerprint density at radius 3 is 2.72 bits per heavy atom. The van der Waals surface area contributed by atoms with Crippen molar-refractivity contribution in [2.75, 3.05) is 44.2 Å².